The van der Waals surface area contributed by atoms with E-state index in [4.69, 9.17) is 23.2 Å². The SMILES string of the molecule is CCc1ccc(CC(=O)Cc2c(Cl)cccc2Cl)cc1. The van der Waals surface area contributed by atoms with E-state index < -0.39 is 0 Å². The fraction of sp³-hybridized carbons (Fsp3) is 0.235. The van der Waals surface area contributed by atoms with Crippen molar-refractivity contribution in [2.45, 2.75) is 26.2 Å². The molecule has 0 bridgehead atoms. The predicted molar refractivity (Wildman–Crippen MR) is 84.7 cm³/mol. The number of halogens is 2. The van der Waals surface area contributed by atoms with Crippen molar-refractivity contribution in [3.8, 4) is 0 Å². The molecule has 0 saturated heterocycles. The summed E-state index contributed by atoms with van der Waals surface area (Å²) in [4.78, 5) is 12.1. The number of ketones is 1. The lowest BCUT2D eigenvalue weighted by atomic mass is 10.0. The fourth-order valence-corrected chi connectivity index (χ4v) is 2.61. The highest BCUT2D eigenvalue weighted by molar-refractivity contribution is 6.36. The average molecular weight is 307 g/mol. The van der Waals surface area contributed by atoms with Gasteiger partial charge in [-0.15, -0.1) is 0 Å². The minimum atomic E-state index is 0.115. The Morgan fingerprint density at radius 1 is 0.900 bits per heavy atom. The first-order valence-corrected chi connectivity index (χ1v) is 7.38. The van der Waals surface area contributed by atoms with Crippen LogP contribution in [0.3, 0.4) is 0 Å². The summed E-state index contributed by atoms with van der Waals surface area (Å²) in [5.74, 6) is 0.115. The molecule has 0 amide bonds. The van der Waals surface area contributed by atoms with E-state index in [-0.39, 0.29) is 12.2 Å². The molecule has 0 spiro atoms. The van der Waals surface area contributed by atoms with Gasteiger partial charge in [0.2, 0.25) is 0 Å². The summed E-state index contributed by atoms with van der Waals surface area (Å²) in [6.45, 7) is 2.11. The van der Waals surface area contributed by atoms with Gasteiger partial charge in [0, 0.05) is 22.9 Å². The summed E-state index contributed by atoms with van der Waals surface area (Å²) < 4.78 is 0. The van der Waals surface area contributed by atoms with Crippen LogP contribution < -0.4 is 0 Å². The van der Waals surface area contributed by atoms with Crippen LogP contribution in [0.4, 0.5) is 0 Å². The van der Waals surface area contributed by atoms with Gasteiger partial charge in [-0.05, 0) is 35.2 Å². The molecule has 2 aromatic rings. The number of carbonyl (C=O) groups excluding carboxylic acids is 1. The first-order valence-electron chi connectivity index (χ1n) is 6.62. The minimum absolute atomic E-state index is 0.115. The van der Waals surface area contributed by atoms with Crippen molar-refractivity contribution in [2.24, 2.45) is 0 Å². The molecule has 2 aromatic carbocycles. The number of aryl methyl sites for hydroxylation is 1. The van der Waals surface area contributed by atoms with Gasteiger partial charge in [0.25, 0.3) is 0 Å². The van der Waals surface area contributed by atoms with E-state index in [1.54, 1.807) is 18.2 Å². The van der Waals surface area contributed by atoms with E-state index >= 15 is 0 Å². The minimum Gasteiger partial charge on any atom is -0.299 e. The molecule has 0 saturated carbocycles. The summed E-state index contributed by atoms with van der Waals surface area (Å²) in [6, 6.07) is 13.4. The number of Topliss-reactive ketones (excluding diaryl/α,β-unsaturated/α-hetero) is 1. The van der Waals surface area contributed by atoms with Gasteiger partial charge in [-0.3, -0.25) is 4.79 Å². The Morgan fingerprint density at radius 3 is 2.00 bits per heavy atom. The van der Waals surface area contributed by atoms with E-state index in [2.05, 4.69) is 19.1 Å². The zero-order chi connectivity index (χ0) is 14.5. The average Bonchev–Trinajstić information content (AvgIpc) is 2.44. The van der Waals surface area contributed by atoms with Gasteiger partial charge in [0.1, 0.15) is 5.78 Å². The molecule has 0 aromatic heterocycles. The van der Waals surface area contributed by atoms with Crippen LogP contribution in [0.2, 0.25) is 10.0 Å². The molecule has 0 unspecified atom stereocenters. The third-order valence-corrected chi connectivity index (χ3v) is 3.98. The quantitative estimate of drug-likeness (QED) is 0.767. The normalized spacial score (nSPS) is 10.6. The van der Waals surface area contributed by atoms with Crippen LogP contribution in [-0.2, 0) is 24.1 Å². The maximum absolute atomic E-state index is 12.1. The molecular weight excluding hydrogens is 291 g/mol. The van der Waals surface area contributed by atoms with Gasteiger partial charge in [-0.2, -0.15) is 0 Å². The number of benzene rings is 2. The van der Waals surface area contributed by atoms with Crippen molar-refractivity contribution in [1.82, 2.24) is 0 Å². The molecule has 0 aliphatic carbocycles. The van der Waals surface area contributed by atoms with Gasteiger partial charge in [0.05, 0.1) is 0 Å². The van der Waals surface area contributed by atoms with E-state index in [1.807, 2.05) is 12.1 Å². The molecule has 0 heterocycles. The van der Waals surface area contributed by atoms with E-state index in [1.165, 1.54) is 5.56 Å². The molecule has 0 radical (unpaired) electrons. The van der Waals surface area contributed by atoms with Crippen LogP contribution in [0, 0.1) is 0 Å². The van der Waals surface area contributed by atoms with E-state index in [0.717, 1.165) is 12.0 Å². The monoisotopic (exact) mass is 306 g/mol. The molecule has 0 N–H and O–H groups in total. The summed E-state index contributed by atoms with van der Waals surface area (Å²) in [6.07, 6.45) is 1.68. The zero-order valence-corrected chi connectivity index (χ0v) is 12.8. The Bertz CT molecular complexity index is 583. The van der Waals surface area contributed by atoms with Crippen LogP contribution in [0.1, 0.15) is 23.6 Å². The third-order valence-electron chi connectivity index (χ3n) is 3.27. The van der Waals surface area contributed by atoms with Crippen LogP contribution in [0.15, 0.2) is 42.5 Å². The predicted octanol–water partition coefficient (Wildman–Crippen LogP) is 4.91. The summed E-state index contributed by atoms with van der Waals surface area (Å²) >= 11 is 12.2. The Hall–Kier alpha value is -1.31. The van der Waals surface area contributed by atoms with Gasteiger partial charge in [-0.25, -0.2) is 0 Å². The van der Waals surface area contributed by atoms with Gasteiger partial charge >= 0.3 is 0 Å². The Labute approximate surface area is 129 Å². The standard InChI is InChI=1S/C17H16Cl2O/c1-2-12-6-8-13(9-7-12)10-14(20)11-15-16(18)4-3-5-17(15)19/h3-9H,2,10-11H2,1H3. The Morgan fingerprint density at radius 2 is 1.45 bits per heavy atom. The zero-order valence-electron chi connectivity index (χ0n) is 11.3. The molecule has 3 heteroatoms. The van der Waals surface area contributed by atoms with Crippen molar-refractivity contribution in [3.63, 3.8) is 0 Å². The number of hydrogen-bond donors (Lipinski definition) is 0. The second-order valence-electron chi connectivity index (χ2n) is 4.76. The lowest BCUT2D eigenvalue weighted by Gasteiger charge is -2.07. The maximum atomic E-state index is 12.1. The first kappa shape index (κ1) is 15.1. The van der Waals surface area contributed by atoms with Crippen molar-refractivity contribution >= 4 is 29.0 Å². The molecule has 0 aliphatic heterocycles. The highest BCUT2D eigenvalue weighted by atomic mass is 35.5. The molecule has 20 heavy (non-hydrogen) atoms. The Kier molecular flexibility index (Phi) is 5.22. The lowest BCUT2D eigenvalue weighted by Crippen LogP contribution is -2.07. The summed E-state index contributed by atoms with van der Waals surface area (Å²) in [7, 11) is 0. The van der Waals surface area contributed by atoms with E-state index in [0.29, 0.717) is 22.0 Å². The first-order chi connectivity index (χ1) is 9.60. The second-order valence-corrected chi connectivity index (χ2v) is 5.58. The highest BCUT2D eigenvalue weighted by Gasteiger charge is 2.11. The van der Waals surface area contributed by atoms with Crippen molar-refractivity contribution in [1.29, 1.82) is 0 Å². The van der Waals surface area contributed by atoms with Crippen LogP contribution in [0.25, 0.3) is 0 Å². The number of carbonyl (C=O) groups is 1. The van der Waals surface area contributed by atoms with Gasteiger partial charge in [-0.1, -0.05) is 60.5 Å². The van der Waals surface area contributed by atoms with Gasteiger partial charge in [0.15, 0.2) is 0 Å². The molecule has 0 atom stereocenters. The second kappa shape index (κ2) is 6.92. The van der Waals surface area contributed by atoms with Gasteiger partial charge < -0.3 is 0 Å². The molecule has 0 fully saturated rings. The Balaban J connectivity index is 2.05. The highest BCUT2D eigenvalue weighted by Crippen LogP contribution is 2.25. The van der Waals surface area contributed by atoms with E-state index in [9.17, 15) is 4.79 Å². The largest absolute Gasteiger partial charge is 0.299 e. The summed E-state index contributed by atoms with van der Waals surface area (Å²) in [5.41, 5.74) is 3.01. The fourth-order valence-electron chi connectivity index (χ4n) is 2.08. The third kappa shape index (κ3) is 3.84. The molecular formula is C17H16Cl2O. The van der Waals surface area contributed by atoms with Crippen LogP contribution in [-0.4, -0.2) is 5.78 Å². The number of hydrogen-bond acceptors (Lipinski definition) is 1. The lowest BCUT2D eigenvalue weighted by molar-refractivity contribution is -0.117. The molecule has 1 nitrogen and oxygen atoms in total. The molecule has 0 aliphatic rings. The van der Waals surface area contributed by atoms with Crippen molar-refractivity contribution in [2.75, 3.05) is 0 Å². The smallest absolute Gasteiger partial charge is 0.141 e. The molecule has 104 valence electrons. The summed E-state index contributed by atoms with van der Waals surface area (Å²) in [5, 5.41) is 1.10. The van der Waals surface area contributed by atoms with Crippen molar-refractivity contribution in [3.05, 3.63) is 69.2 Å². The van der Waals surface area contributed by atoms with Crippen molar-refractivity contribution < 1.29 is 4.79 Å². The molecule has 2 rings (SSSR count). The topological polar surface area (TPSA) is 17.1 Å². The number of rotatable bonds is 5. The van der Waals surface area contributed by atoms with Crippen LogP contribution in [0.5, 0.6) is 0 Å². The maximum Gasteiger partial charge on any atom is 0.141 e. The van der Waals surface area contributed by atoms with Crippen LogP contribution >= 0.6 is 23.2 Å².